The van der Waals surface area contributed by atoms with Crippen molar-refractivity contribution < 1.29 is 28.4 Å². The summed E-state index contributed by atoms with van der Waals surface area (Å²) in [6.45, 7) is 1.32. The Labute approximate surface area is 176 Å². The summed E-state index contributed by atoms with van der Waals surface area (Å²) in [5, 5.41) is 8.38. The zero-order chi connectivity index (χ0) is 21.5. The van der Waals surface area contributed by atoms with Crippen molar-refractivity contribution in [2.45, 2.75) is 19.8 Å². The number of amides is 1. The minimum absolute atomic E-state index is 0.00376. The van der Waals surface area contributed by atoms with Gasteiger partial charge in [-0.15, -0.1) is 11.3 Å². The molecule has 0 atom stereocenters. The number of thiophene rings is 1. The summed E-state index contributed by atoms with van der Waals surface area (Å²) in [5.74, 6) is -0.820. The highest BCUT2D eigenvalue weighted by atomic mass is 32.1. The monoisotopic (exact) mass is 429 g/mol. The first-order valence-corrected chi connectivity index (χ1v) is 9.85. The van der Waals surface area contributed by atoms with Gasteiger partial charge in [0.05, 0.1) is 24.0 Å². The third-order valence-corrected chi connectivity index (χ3v) is 4.92. The second-order valence-corrected chi connectivity index (χ2v) is 7.17. The molecule has 1 amide bonds. The van der Waals surface area contributed by atoms with Crippen LogP contribution in [0.1, 0.15) is 28.2 Å². The van der Waals surface area contributed by atoms with Crippen LogP contribution >= 0.6 is 11.3 Å². The van der Waals surface area contributed by atoms with Crippen LogP contribution in [-0.4, -0.2) is 41.7 Å². The maximum absolute atomic E-state index is 12.1. The number of hydrogen-bond donors (Lipinski definition) is 1. The molecule has 1 aromatic carbocycles. The van der Waals surface area contributed by atoms with Crippen LogP contribution in [0.15, 0.2) is 40.2 Å². The van der Waals surface area contributed by atoms with Crippen molar-refractivity contribution in [3.8, 4) is 10.7 Å². The molecule has 3 rings (SSSR count). The predicted octanol–water partition coefficient (Wildman–Crippen LogP) is 3.01. The van der Waals surface area contributed by atoms with E-state index in [-0.39, 0.29) is 12.8 Å². The lowest BCUT2D eigenvalue weighted by Crippen LogP contribution is -2.21. The molecule has 0 aliphatic carbocycles. The fraction of sp³-hybridized carbons (Fsp3) is 0.250. The normalized spacial score (nSPS) is 10.5. The van der Waals surface area contributed by atoms with Gasteiger partial charge >= 0.3 is 11.9 Å². The number of anilines is 1. The number of nitrogens with one attached hydrogen (secondary N) is 1. The second kappa shape index (κ2) is 9.79. The molecule has 0 saturated carbocycles. The molecule has 9 nitrogen and oxygen atoms in total. The van der Waals surface area contributed by atoms with Crippen molar-refractivity contribution in [1.82, 2.24) is 10.1 Å². The van der Waals surface area contributed by atoms with Gasteiger partial charge in [-0.3, -0.25) is 9.59 Å². The maximum atomic E-state index is 12.1. The quantitative estimate of drug-likeness (QED) is 0.543. The molecule has 1 N–H and O–H groups in total. The molecular formula is C20H19N3O6S. The lowest BCUT2D eigenvalue weighted by atomic mass is 10.1. The minimum atomic E-state index is -0.568. The topological polar surface area (TPSA) is 121 Å². The highest BCUT2D eigenvalue weighted by molar-refractivity contribution is 7.13. The number of hydrogen-bond acceptors (Lipinski definition) is 9. The average molecular weight is 429 g/mol. The number of carbonyl (C=O) groups excluding carboxylic acids is 3. The average Bonchev–Trinajstić information content (AvgIpc) is 3.43. The molecule has 0 unspecified atom stereocenters. The van der Waals surface area contributed by atoms with Gasteiger partial charge in [0, 0.05) is 12.1 Å². The van der Waals surface area contributed by atoms with Crippen molar-refractivity contribution >= 4 is 34.9 Å². The van der Waals surface area contributed by atoms with Crippen molar-refractivity contribution in [3.05, 3.63) is 52.7 Å². The smallest absolute Gasteiger partial charge is 0.337 e. The van der Waals surface area contributed by atoms with Crippen LogP contribution in [0.4, 0.5) is 5.69 Å². The molecule has 0 aliphatic rings. The van der Waals surface area contributed by atoms with E-state index < -0.39 is 24.5 Å². The molecule has 0 fully saturated rings. The highest BCUT2D eigenvalue weighted by Crippen LogP contribution is 2.21. The molecule has 0 aliphatic heterocycles. The number of nitrogens with zero attached hydrogens (tertiary/aromatic N) is 2. The standard InChI is InChI=1S/C20H19N3O6S/c1-12-5-6-13(20(26)27-2)10-14(12)21-16(24)11-28-18(25)8-7-17-22-19(23-29-17)15-4-3-9-30-15/h3-6,9-10H,7-8,11H2,1-2H3,(H,21,24). The van der Waals surface area contributed by atoms with E-state index in [9.17, 15) is 14.4 Å². The molecule has 0 radical (unpaired) electrons. The van der Waals surface area contributed by atoms with Gasteiger partial charge in [-0.2, -0.15) is 4.98 Å². The molecule has 156 valence electrons. The van der Waals surface area contributed by atoms with Gasteiger partial charge in [-0.1, -0.05) is 17.3 Å². The third-order valence-electron chi connectivity index (χ3n) is 4.05. The highest BCUT2D eigenvalue weighted by Gasteiger charge is 2.14. The van der Waals surface area contributed by atoms with E-state index in [0.717, 1.165) is 10.4 Å². The van der Waals surface area contributed by atoms with Gasteiger partial charge in [-0.05, 0) is 36.1 Å². The van der Waals surface area contributed by atoms with E-state index >= 15 is 0 Å². The van der Waals surface area contributed by atoms with Crippen molar-refractivity contribution in [1.29, 1.82) is 0 Å². The lowest BCUT2D eigenvalue weighted by molar-refractivity contribution is -0.147. The zero-order valence-corrected chi connectivity index (χ0v) is 17.2. The Morgan fingerprint density at radius 1 is 1.23 bits per heavy atom. The van der Waals surface area contributed by atoms with Crippen molar-refractivity contribution in [2.24, 2.45) is 0 Å². The number of carbonyl (C=O) groups is 3. The maximum Gasteiger partial charge on any atom is 0.337 e. The second-order valence-electron chi connectivity index (χ2n) is 6.22. The summed E-state index contributed by atoms with van der Waals surface area (Å²) in [4.78, 5) is 40.7. The zero-order valence-electron chi connectivity index (χ0n) is 16.3. The Morgan fingerprint density at radius 2 is 2.07 bits per heavy atom. The number of ether oxygens (including phenoxy) is 2. The molecule has 2 aromatic heterocycles. The summed E-state index contributed by atoms with van der Waals surface area (Å²) in [6, 6.07) is 8.53. The molecule has 10 heteroatoms. The first kappa shape index (κ1) is 21.2. The minimum Gasteiger partial charge on any atom is -0.465 e. The molecule has 0 saturated heterocycles. The molecule has 30 heavy (non-hydrogen) atoms. The van der Waals surface area contributed by atoms with Crippen LogP contribution in [0.3, 0.4) is 0 Å². The molecule has 0 spiro atoms. The van der Waals surface area contributed by atoms with Crippen molar-refractivity contribution in [3.63, 3.8) is 0 Å². The van der Waals surface area contributed by atoms with Gasteiger partial charge in [0.25, 0.3) is 5.91 Å². The Bertz CT molecular complexity index is 1040. The van der Waals surface area contributed by atoms with E-state index in [1.807, 2.05) is 17.5 Å². The molecule has 0 bridgehead atoms. The SMILES string of the molecule is COC(=O)c1ccc(C)c(NC(=O)COC(=O)CCc2nc(-c3cccs3)no2)c1. The first-order chi connectivity index (χ1) is 14.5. The Balaban J connectivity index is 1.46. The fourth-order valence-electron chi connectivity index (χ4n) is 2.48. The summed E-state index contributed by atoms with van der Waals surface area (Å²) >= 11 is 1.48. The molecule has 2 heterocycles. The van der Waals surface area contributed by atoms with E-state index in [1.54, 1.807) is 19.1 Å². The van der Waals surface area contributed by atoms with Crippen LogP contribution < -0.4 is 5.32 Å². The Morgan fingerprint density at radius 3 is 2.80 bits per heavy atom. The van der Waals surface area contributed by atoms with E-state index in [1.165, 1.54) is 24.5 Å². The number of aryl methyl sites for hydroxylation is 2. The van der Waals surface area contributed by atoms with Gasteiger partial charge in [0.15, 0.2) is 6.61 Å². The largest absolute Gasteiger partial charge is 0.465 e. The van der Waals surface area contributed by atoms with Crippen LogP contribution in [0, 0.1) is 6.92 Å². The number of esters is 2. The van der Waals surface area contributed by atoms with Gasteiger partial charge in [-0.25, -0.2) is 4.79 Å². The van der Waals surface area contributed by atoms with E-state index in [2.05, 4.69) is 20.2 Å². The lowest BCUT2D eigenvalue weighted by Gasteiger charge is -2.10. The predicted molar refractivity (Wildman–Crippen MR) is 108 cm³/mol. The summed E-state index contributed by atoms with van der Waals surface area (Å²) < 4.78 is 14.8. The van der Waals surface area contributed by atoms with Crippen LogP contribution in [0.2, 0.25) is 0 Å². The van der Waals surface area contributed by atoms with Gasteiger partial charge < -0.3 is 19.3 Å². The third kappa shape index (κ3) is 5.51. The summed E-state index contributed by atoms with van der Waals surface area (Å²) in [5.41, 5.74) is 1.49. The number of methoxy groups -OCH3 is 1. The number of rotatable bonds is 8. The van der Waals surface area contributed by atoms with Gasteiger partial charge in [0.1, 0.15) is 0 Å². The van der Waals surface area contributed by atoms with Crippen LogP contribution in [0.25, 0.3) is 10.7 Å². The number of aromatic nitrogens is 2. The first-order valence-electron chi connectivity index (χ1n) is 8.97. The van der Waals surface area contributed by atoms with E-state index in [0.29, 0.717) is 23.0 Å². The Kier molecular flexibility index (Phi) is 6.91. The summed E-state index contributed by atoms with van der Waals surface area (Å²) in [6.07, 6.45) is 0.204. The number of benzene rings is 1. The Hall–Kier alpha value is -3.53. The van der Waals surface area contributed by atoms with Crippen molar-refractivity contribution in [2.75, 3.05) is 19.0 Å². The molecule has 3 aromatic rings. The summed E-state index contributed by atoms with van der Waals surface area (Å²) in [7, 11) is 1.27. The van der Waals surface area contributed by atoms with Crippen LogP contribution in [-0.2, 0) is 25.5 Å². The van der Waals surface area contributed by atoms with Gasteiger partial charge in [0.2, 0.25) is 11.7 Å². The van der Waals surface area contributed by atoms with E-state index in [4.69, 9.17) is 9.26 Å². The molecular weight excluding hydrogens is 410 g/mol. The van der Waals surface area contributed by atoms with Crippen LogP contribution in [0.5, 0.6) is 0 Å². The fourth-order valence-corrected chi connectivity index (χ4v) is 3.13.